The average Bonchev–Trinajstić information content (AvgIpc) is 2.35. The second-order valence-corrected chi connectivity index (χ2v) is 5.00. The van der Waals surface area contributed by atoms with E-state index < -0.39 is 5.82 Å². The van der Waals surface area contributed by atoms with Crippen molar-refractivity contribution in [3.8, 4) is 5.75 Å². The third-order valence-electron chi connectivity index (χ3n) is 3.70. The molecule has 1 aromatic carbocycles. The van der Waals surface area contributed by atoms with Gasteiger partial charge in [-0.25, -0.2) is 4.39 Å². The number of anilines is 1. The number of halogens is 1. The first kappa shape index (κ1) is 12.2. The molecule has 1 unspecified atom stereocenters. The zero-order valence-electron chi connectivity index (χ0n) is 10.2. The average molecular weight is 237 g/mol. The van der Waals surface area contributed by atoms with Crippen LogP contribution in [0.3, 0.4) is 0 Å². The standard InChI is InChI=1S/C14H20FNO/c1-10(11-5-3-2-4-6-11)16-12-7-8-14(17)13(15)9-12/h7-11,16-17H,2-6H2,1H3. The highest BCUT2D eigenvalue weighted by Gasteiger charge is 2.19. The van der Waals surface area contributed by atoms with Crippen LogP contribution in [0.1, 0.15) is 39.0 Å². The Morgan fingerprint density at radius 1 is 1.29 bits per heavy atom. The quantitative estimate of drug-likeness (QED) is 0.781. The van der Waals surface area contributed by atoms with Gasteiger partial charge in [-0.3, -0.25) is 0 Å². The maximum absolute atomic E-state index is 13.2. The van der Waals surface area contributed by atoms with E-state index >= 15 is 0 Å². The normalized spacial score (nSPS) is 18.9. The Morgan fingerprint density at radius 3 is 2.65 bits per heavy atom. The Bertz CT molecular complexity index is 374. The van der Waals surface area contributed by atoms with E-state index in [0.29, 0.717) is 12.0 Å². The highest BCUT2D eigenvalue weighted by molar-refractivity contribution is 5.47. The maximum atomic E-state index is 13.2. The number of aromatic hydroxyl groups is 1. The largest absolute Gasteiger partial charge is 0.505 e. The van der Waals surface area contributed by atoms with Gasteiger partial charge < -0.3 is 10.4 Å². The molecular formula is C14H20FNO. The van der Waals surface area contributed by atoms with Crippen LogP contribution in [0.15, 0.2) is 18.2 Å². The summed E-state index contributed by atoms with van der Waals surface area (Å²) in [5.41, 5.74) is 0.748. The first-order valence-electron chi connectivity index (χ1n) is 6.42. The number of phenols is 1. The third kappa shape index (κ3) is 3.11. The molecule has 1 fully saturated rings. The van der Waals surface area contributed by atoms with E-state index in [2.05, 4.69) is 12.2 Å². The van der Waals surface area contributed by atoms with Crippen LogP contribution < -0.4 is 5.32 Å². The predicted octanol–water partition coefficient (Wildman–Crippen LogP) is 3.91. The zero-order chi connectivity index (χ0) is 12.3. The van der Waals surface area contributed by atoms with Gasteiger partial charge in [0, 0.05) is 17.8 Å². The molecule has 1 atom stereocenters. The van der Waals surface area contributed by atoms with Gasteiger partial charge in [0.2, 0.25) is 0 Å². The van der Waals surface area contributed by atoms with Crippen LogP contribution in [0, 0.1) is 11.7 Å². The van der Waals surface area contributed by atoms with Crippen molar-refractivity contribution in [3.05, 3.63) is 24.0 Å². The topological polar surface area (TPSA) is 32.3 Å². The van der Waals surface area contributed by atoms with Gasteiger partial charge in [-0.15, -0.1) is 0 Å². The molecule has 0 heterocycles. The minimum atomic E-state index is -0.564. The van der Waals surface area contributed by atoms with Crippen LogP contribution in [0.2, 0.25) is 0 Å². The highest BCUT2D eigenvalue weighted by Crippen LogP contribution is 2.28. The predicted molar refractivity (Wildman–Crippen MR) is 67.7 cm³/mol. The summed E-state index contributed by atoms with van der Waals surface area (Å²) in [7, 11) is 0. The molecule has 0 spiro atoms. The van der Waals surface area contributed by atoms with Crippen molar-refractivity contribution in [2.24, 2.45) is 5.92 Å². The SMILES string of the molecule is CC(Nc1ccc(O)c(F)c1)C1CCCCC1. The molecule has 0 amide bonds. The van der Waals surface area contributed by atoms with E-state index in [9.17, 15) is 4.39 Å². The smallest absolute Gasteiger partial charge is 0.166 e. The number of hydrogen-bond donors (Lipinski definition) is 2. The van der Waals surface area contributed by atoms with E-state index in [-0.39, 0.29) is 5.75 Å². The second-order valence-electron chi connectivity index (χ2n) is 5.00. The Hall–Kier alpha value is -1.25. The van der Waals surface area contributed by atoms with E-state index in [1.165, 1.54) is 44.2 Å². The number of phenolic OH excluding ortho intramolecular Hbond substituents is 1. The summed E-state index contributed by atoms with van der Waals surface area (Å²) in [6.07, 6.45) is 6.47. The molecule has 1 aliphatic rings. The number of hydrogen-bond acceptors (Lipinski definition) is 2. The molecule has 2 rings (SSSR count). The molecule has 94 valence electrons. The fourth-order valence-corrected chi connectivity index (χ4v) is 2.61. The first-order chi connectivity index (χ1) is 8.16. The van der Waals surface area contributed by atoms with Gasteiger partial charge in [0.1, 0.15) is 0 Å². The molecule has 0 bridgehead atoms. The van der Waals surface area contributed by atoms with E-state index in [4.69, 9.17) is 5.11 Å². The maximum Gasteiger partial charge on any atom is 0.166 e. The monoisotopic (exact) mass is 237 g/mol. The summed E-state index contributed by atoms with van der Waals surface area (Å²) in [6, 6.07) is 4.83. The Labute approximate surface area is 102 Å². The van der Waals surface area contributed by atoms with Gasteiger partial charge in [0.05, 0.1) is 0 Å². The lowest BCUT2D eigenvalue weighted by Gasteiger charge is -2.29. The van der Waals surface area contributed by atoms with Crippen LogP contribution in [-0.4, -0.2) is 11.1 Å². The number of benzene rings is 1. The zero-order valence-corrected chi connectivity index (χ0v) is 10.2. The lowest BCUT2D eigenvalue weighted by atomic mass is 9.84. The minimum Gasteiger partial charge on any atom is -0.505 e. The van der Waals surface area contributed by atoms with E-state index in [0.717, 1.165) is 5.69 Å². The Morgan fingerprint density at radius 2 is 2.00 bits per heavy atom. The lowest BCUT2D eigenvalue weighted by molar-refractivity contribution is 0.328. The van der Waals surface area contributed by atoms with E-state index in [1.807, 2.05) is 0 Å². The highest BCUT2D eigenvalue weighted by atomic mass is 19.1. The molecule has 0 aromatic heterocycles. The third-order valence-corrected chi connectivity index (χ3v) is 3.70. The van der Waals surface area contributed by atoms with Crippen LogP contribution in [-0.2, 0) is 0 Å². The molecule has 3 heteroatoms. The van der Waals surface area contributed by atoms with Crippen LogP contribution >= 0.6 is 0 Å². The van der Waals surface area contributed by atoms with Crippen molar-refractivity contribution < 1.29 is 9.50 Å². The van der Waals surface area contributed by atoms with Gasteiger partial charge in [0.25, 0.3) is 0 Å². The molecule has 17 heavy (non-hydrogen) atoms. The van der Waals surface area contributed by atoms with Gasteiger partial charge in [-0.2, -0.15) is 0 Å². The molecule has 0 aliphatic heterocycles. The van der Waals surface area contributed by atoms with Gasteiger partial charge in [-0.05, 0) is 37.8 Å². The fraction of sp³-hybridized carbons (Fsp3) is 0.571. The van der Waals surface area contributed by atoms with Crippen molar-refractivity contribution in [2.45, 2.75) is 45.1 Å². The van der Waals surface area contributed by atoms with Gasteiger partial charge >= 0.3 is 0 Å². The molecule has 2 nitrogen and oxygen atoms in total. The molecule has 1 saturated carbocycles. The van der Waals surface area contributed by atoms with Crippen molar-refractivity contribution in [1.82, 2.24) is 0 Å². The molecule has 0 saturated heterocycles. The van der Waals surface area contributed by atoms with Gasteiger partial charge in [0.15, 0.2) is 11.6 Å². The molecule has 2 N–H and O–H groups in total. The molecule has 0 radical (unpaired) electrons. The molecule has 1 aromatic rings. The van der Waals surface area contributed by atoms with Crippen molar-refractivity contribution in [3.63, 3.8) is 0 Å². The van der Waals surface area contributed by atoms with Crippen LogP contribution in [0.4, 0.5) is 10.1 Å². The van der Waals surface area contributed by atoms with Crippen molar-refractivity contribution >= 4 is 5.69 Å². The minimum absolute atomic E-state index is 0.291. The summed E-state index contributed by atoms with van der Waals surface area (Å²) in [6.45, 7) is 2.15. The molecular weight excluding hydrogens is 217 g/mol. The summed E-state index contributed by atoms with van der Waals surface area (Å²) >= 11 is 0. The summed E-state index contributed by atoms with van der Waals surface area (Å²) in [5.74, 6) is -0.174. The Balaban J connectivity index is 1.96. The summed E-state index contributed by atoms with van der Waals surface area (Å²) in [4.78, 5) is 0. The summed E-state index contributed by atoms with van der Waals surface area (Å²) in [5, 5.41) is 12.5. The number of nitrogens with one attached hydrogen (secondary N) is 1. The second kappa shape index (κ2) is 5.39. The molecule has 1 aliphatic carbocycles. The van der Waals surface area contributed by atoms with Gasteiger partial charge in [-0.1, -0.05) is 19.3 Å². The lowest BCUT2D eigenvalue weighted by Crippen LogP contribution is -2.27. The Kier molecular flexibility index (Phi) is 3.87. The van der Waals surface area contributed by atoms with Crippen molar-refractivity contribution in [1.29, 1.82) is 0 Å². The van der Waals surface area contributed by atoms with Crippen LogP contribution in [0.5, 0.6) is 5.75 Å². The van der Waals surface area contributed by atoms with Crippen molar-refractivity contribution in [2.75, 3.05) is 5.32 Å². The van der Waals surface area contributed by atoms with Crippen LogP contribution in [0.25, 0.3) is 0 Å². The summed E-state index contributed by atoms with van der Waals surface area (Å²) < 4.78 is 13.2. The van der Waals surface area contributed by atoms with E-state index in [1.54, 1.807) is 6.07 Å². The number of rotatable bonds is 3. The first-order valence-corrected chi connectivity index (χ1v) is 6.42. The fourth-order valence-electron chi connectivity index (χ4n) is 2.61.